The molecule has 2 aromatic carbocycles. The molecule has 2 nitrogen and oxygen atoms in total. The molecule has 0 aromatic heterocycles. The molecule has 1 amide bonds. The van der Waals surface area contributed by atoms with E-state index >= 15 is 0 Å². The fourth-order valence-corrected chi connectivity index (χ4v) is 2.35. The van der Waals surface area contributed by atoms with Crippen LogP contribution in [0.25, 0.3) is 6.08 Å². The van der Waals surface area contributed by atoms with Crippen LogP contribution in [-0.2, 0) is 4.79 Å². The molecule has 18 heavy (non-hydrogen) atoms. The summed E-state index contributed by atoms with van der Waals surface area (Å²) in [6.07, 6.45) is 5.04. The van der Waals surface area contributed by atoms with Gasteiger partial charge < -0.3 is 4.90 Å². The summed E-state index contributed by atoms with van der Waals surface area (Å²) >= 11 is 0. The van der Waals surface area contributed by atoms with E-state index in [1.807, 2.05) is 54.6 Å². The van der Waals surface area contributed by atoms with Gasteiger partial charge in [-0.3, -0.25) is 4.79 Å². The molecule has 0 bridgehead atoms. The van der Waals surface area contributed by atoms with Gasteiger partial charge >= 0.3 is 0 Å². The highest BCUT2D eigenvalue weighted by Crippen LogP contribution is 2.34. The minimum Gasteiger partial charge on any atom is -0.303 e. The van der Waals surface area contributed by atoms with E-state index in [1.54, 1.807) is 4.90 Å². The standard InChI is InChI=1S/C16H13NO/c18-12-17-15-9-5-4-8-14(15)10-11-16(17)13-6-2-1-3-7-13/h1-12,16H. The van der Waals surface area contributed by atoms with Gasteiger partial charge in [-0.15, -0.1) is 0 Å². The number of nitrogens with zero attached hydrogens (tertiary/aromatic N) is 1. The van der Waals surface area contributed by atoms with E-state index in [0.717, 1.165) is 23.2 Å². The molecule has 3 rings (SSSR count). The molecule has 88 valence electrons. The SMILES string of the molecule is O=CN1c2ccccc2C=CC1c1ccccc1. The number of anilines is 1. The Hall–Kier alpha value is -2.35. The van der Waals surface area contributed by atoms with Crippen molar-refractivity contribution in [3.63, 3.8) is 0 Å². The van der Waals surface area contributed by atoms with E-state index in [4.69, 9.17) is 0 Å². The first-order valence-corrected chi connectivity index (χ1v) is 5.96. The second-order valence-electron chi connectivity index (χ2n) is 4.29. The van der Waals surface area contributed by atoms with Crippen LogP contribution in [0.15, 0.2) is 60.7 Å². The van der Waals surface area contributed by atoms with Gasteiger partial charge in [-0.05, 0) is 17.2 Å². The zero-order valence-electron chi connectivity index (χ0n) is 9.86. The molecule has 0 radical (unpaired) electrons. The van der Waals surface area contributed by atoms with Gasteiger partial charge in [0, 0.05) is 0 Å². The van der Waals surface area contributed by atoms with E-state index < -0.39 is 0 Å². The van der Waals surface area contributed by atoms with E-state index in [0.29, 0.717) is 0 Å². The van der Waals surface area contributed by atoms with Gasteiger partial charge in [0.2, 0.25) is 6.41 Å². The van der Waals surface area contributed by atoms with Crippen LogP contribution in [0.2, 0.25) is 0 Å². The van der Waals surface area contributed by atoms with Crippen molar-refractivity contribution in [1.82, 2.24) is 0 Å². The number of fused-ring (bicyclic) bond motifs is 1. The first-order chi connectivity index (χ1) is 8.90. The van der Waals surface area contributed by atoms with Gasteiger partial charge in [-0.2, -0.15) is 0 Å². The van der Waals surface area contributed by atoms with Crippen molar-refractivity contribution >= 4 is 18.2 Å². The van der Waals surface area contributed by atoms with Crippen molar-refractivity contribution < 1.29 is 4.79 Å². The van der Waals surface area contributed by atoms with Crippen LogP contribution in [0.3, 0.4) is 0 Å². The van der Waals surface area contributed by atoms with Crippen molar-refractivity contribution in [2.24, 2.45) is 0 Å². The second-order valence-corrected chi connectivity index (χ2v) is 4.29. The summed E-state index contributed by atoms with van der Waals surface area (Å²) in [5, 5.41) is 0. The lowest BCUT2D eigenvalue weighted by Crippen LogP contribution is -2.28. The van der Waals surface area contributed by atoms with Crippen LogP contribution in [0.4, 0.5) is 5.69 Å². The minimum absolute atomic E-state index is 0.0152. The Morgan fingerprint density at radius 3 is 2.44 bits per heavy atom. The lowest BCUT2D eigenvalue weighted by Gasteiger charge is -2.30. The monoisotopic (exact) mass is 235 g/mol. The van der Waals surface area contributed by atoms with Gasteiger partial charge in [-0.25, -0.2) is 0 Å². The maximum absolute atomic E-state index is 11.4. The van der Waals surface area contributed by atoms with Crippen LogP contribution >= 0.6 is 0 Å². The van der Waals surface area contributed by atoms with Crippen LogP contribution < -0.4 is 4.90 Å². The van der Waals surface area contributed by atoms with Gasteiger partial charge in [-0.1, -0.05) is 60.7 Å². The molecule has 1 unspecified atom stereocenters. The van der Waals surface area contributed by atoms with Gasteiger partial charge in [0.1, 0.15) is 0 Å². The number of rotatable bonds is 2. The molecule has 1 heterocycles. The fourth-order valence-electron chi connectivity index (χ4n) is 2.35. The number of carbonyl (C=O) groups is 1. The van der Waals surface area contributed by atoms with Gasteiger partial charge in [0.25, 0.3) is 0 Å². The Morgan fingerprint density at radius 2 is 1.67 bits per heavy atom. The highest BCUT2D eigenvalue weighted by atomic mass is 16.1. The largest absolute Gasteiger partial charge is 0.303 e. The lowest BCUT2D eigenvalue weighted by molar-refractivity contribution is -0.107. The molecular formula is C16H13NO. The summed E-state index contributed by atoms with van der Waals surface area (Å²) < 4.78 is 0. The number of amides is 1. The average Bonchev–Trinajstić information content (AvgIpc) is 2.47. The number of hydrogen-bond acceptors (Lipinski definition) is 1. The molecule has 0 fully saturated rings. The Labute approximate surface area is 106 Å². The zero-order valence-corrected chi connectivity index (χ0v) is 9.86. The molecule has 0 spiro atoms. The van der Waals surface area contributed by atoms with Crippen molar-refractivity contribution in [3.8, 4) is 0 Å². The van der Waals surface area contributed by atoms with E-state index in [-0.39, 0.29) is 6.04 Å². The third-order valence-corrected chi connectivity index (χ3v) is 3.23. The first kappa shape index (κ1) is 10.8. The van der Waals surface area contributed by atoms with E-state index in [2.05, 4.69) is 12.2 Å². The normalized spacial score (nSPS) is 17.3. The summed E-state index contributed by atoms with van der Waals surface area (Å²) in [5.74, 6) is 0. The average molecular weight is 235 g/mol. The highest BCUT2D eigenvalue weighted by molar-refractivity contribution is 5.85. The number of hydrogen-bond donors (Lipinski definition) is 0. The summed E-state index contributed by atoms with van der Waals surface area (Å²) in [7, 11) is 0. The van der Waals surface area contributed by atoms with Crippen molar-refractivity contribution in [2.75, 3.05) is 4.90 Å². The summed E-state index contributed by atoms with van der Waals surface area (Å²) in [6.45, 7) is 0. The van der Waals surface area contributed by atoms with Crippen molar-refractivity contribution in [3.05, 3.63) is 71.8 Å². The molecule has 1 atom stereocenters. The Kier molecular flexibility index (Phi) is 2.69. The van der Waals surface area contributed by atoms with Crippen LogP contribution in [0.5, 0.6) is 0 Å². The van der Waals surface area contributed by atoms with Crippen LogP contribution in [0.1, 0.15) is 17.2 Å². The third-order valence-electron chi connectivity index (χ3n) is 3.23. The Balaban J connectivity index is 2.08. The molecule has 0 saturated heterocycles. The lowest BCUT2D eigenvalue weighted by atomic mass is 9.98. The predicted octanol–water partition coefficient (Wildman–Crippen LogP) is 3.42. The molecule has 0 N–H and O–H groups in total. The summed E-state index contributed by atoms with van der Waals surface area (Å²) in [6, 6.07) is 18.0. The van der Waals surface area contributed by atoms with Gasteiger partial charge in [0.15, 0.2) is 0 Å². The van der Waals surface area contributed by atoms with Crippen LogP contribution in [-0.4, -0.2) is 6.41 Å². The number of para-hydroxylation sites is 1. The molecule has 2 heteroatoms. The first-order valence-electron chi connectivity index (χ1n) is 5.96. The Bertz CT molecular complexity index is 589. The third kappa shape index (κ3) is 1.72. The van der Waals surface area contributed by atoms with Crippen molar-refractivity contribution in [2.45, 2.75) is 6.04 Å². The molecule has 2 aromatic rings. The molecule has 0 saturated carbocycles. The Morgan fingerprint density at radius 1 is 0.944 bits per heavy atom. The smallest absolute Gasteiger partial charge is 0.214 e. The fraction of sp³-hybridized carbons (Fsp3) is 0.0625. The highest BCUT2D eigenvalue weighted by Gasteiger charge is 2.22. The maximum Gasteiger partial charge on any atom is 0.214 e. The topological polar surface area (TPSA) is 20.3 Å². The number of carbonyl (C=O) groups excluding carboxylic acids is 1. The summed E-state index contributed by atoms with van der Waals surface area (Å²) in [4.78, 5) is 13.2. The molecule has 0 aliphatic carbocycles. The minimum atomic E-state index is -0.0152. The van der Waals surface area contributed by atoms with E-state index in [9.17, 15) is 4.79 Å². The second kappa shape index (κ2) is 4.49. The van der Waals surface area contributed by atoms with Gasteiger partial charge in [0.05, 0.1) is 11.7 Å². The number of benzene rings is 2. The van der Waals surface area contributed by atoms with Crippen molar-refractivity contribution in [1.29, 1.82) is 0 Å². The molecule has 1 aliphatic heterocycles. The van der Waals surface area contributed by atoms with Crippen LogP contribution in [0, 0.1) is 0 Å². The zero-order chi connectivity index (χ0) is 12.4. The molecular weight excluding hydrogens is 222 g/mol. The predicted molar refractivity (Wildman–Crippen MR) is 73.2 cm³/mol. The molecule has 1 aliphatic rings. The maximum atomic E-state index is 11.4. The van der Waals surface area contributed by atoms with E-state index in [1.165, 1.54) is 0 Å². The quantitative estimate of drug-likeness (QED) is 0.730. The summed E-state index contributed by atoms with van der Waals surface area (Å²) in [5.41, 5.74) is 3.16.